The molecule has 136 valence electrons. The zero-order valence-electron chi connectivity index (χ0n) is 14.6. The lowest BCUT2D eigenvalue weighted by atomic mass is 10.2. The van der Waals surface area contributed by atoms with Crippen LogP contribution in [0.1, 0.15) is 32.3 Å². The number of nitrogens with one attached hydrogen (secondary N) is 2. The Morgan fingerprint density at radius 1 is 1.29 bits per heavy atom. The number of hydrogen-bond donors (Lipinski definition) is 2. The topological polar surface area (TPSA) is 56.7 Å². The van der Waals surface area contributed by atoms with Gasteiger partial charge in [-0.3, -0.25) is 9.79 Å². The first-order valence-corrected chi connectivity index (χ1v) is 8.07. The fourth-order valence-corrected chi connectivity index (χ4v) is 2.07. The van der Waals surface area contributed by atoms with Crippen LogP contribution in [-0.4, -0.2) is 43.4 Å². The van der Waals surface area contributed by atoms with Gasteiger partial charge in [0.1, 0.15) is 5.82 Å². The van der Waals surface area contributed by atoms with Crippen molar-refractivity contribution in [3.63, 3.8) is 0 Å². The summed E-state index contributed by atoms with van der Waals surface area (Å²) in [6, 6.07) is 6.51. The molecule has 0 heterocycles. The van der Waals surface area contributed by atoms with Gasteiger partial charge in [0.05, 0.1) is 6.54 Å². The second kappa shape index (κ2) is 13.0. The van der Waals surface area contributed by atoms with E-state index in [9.17, 15) is 9.18 Å². The summed E-state index contributed by atoms with van der Waals surface area (Å²) in [5.41, 5.74) is 0.874. The quantitative estimate of drug-likeness (QED) is 0.364. The Morgan fingerprint density at radius 2 is 2.04 bits per heavy atom. The third kappa shape index (κ3) is 9.05. The third-order valence-corrected chi connectivity index (χ3v) is 3.18. The molecule has 0 aliphatic heterocycles. The van der Waals surface area contributed by atoms with Crippen molar-refractivity contribution in [3.8, 4) is 0 Å². The van der Waals surface area contributed by atoms with Crippen LogP contribution >= 0.6 is 24.0 Å². The van der Waals surface area contributed by atoms with Gasteiger partial charge in [-0.25, -0.2) is 4.39 Å². The average molecular weight is 450 g/mol. The van der Waals surface area contributed by atoms with E-state index in [-0.39, 0.29) is 35.7 Å². The highest BCUT2D eigenvalue weighted by Gasteiger charge is 2.07. The number of rotatable bonds is 8. The minimum absolute atomic E-state index is 0. The maximum atomic E-state index is 13.3. The van der Waals surface area contributed by atoms with E-state index in [0.717, 1.165) is 18.5 Å². The molecule has 0 bridgehead atoms. The van der Waals surface area contributed by atoms with Crippen molar-refractivity contribution < 1.29 is 9.18 Å². The summed E-state index contributed by atoms with van der Waals surface area (Å²) >= 11 is 0. The lowest BCUT2D eigenvalue weighted by molar-refractivity contribution is -0.120. The number of guanidine groups is 1. The molecule has 0 fully saturated rings. The van der Waals surface area contributed by atoms with Crippen molar-refractivity contribution in [3.05, 3.63) is 35.6 Å². The van der Waals surface area contributed by atoms with Crippen LogP contribution in [0.15, 0.2) is 29.3 Å². The Hall–Kier alpha value is -1.38. The molecule has 0 atom stereocenters. The smallest absolute Gasteiger partial charge is 0.221 e. The Kier molecular flexibility index (Phi) is 12.2. The van der Waals surface area contributed by atoms with Crippen molar-refractivity contribution in [1.29, 1.82) is 0 Å². The van der Waals surface area contributed by atoms with Crippen LogP contribution in [0.2, 0.25) is 0 Å². The van der Waals surface area contributed by atoms with E-state index < -0.39 is 0 Å². The lowest BCUT2D eigenvalue weighted by Gasteiger charge is -2.22. The number of hydrogen-bond acceptors (Lipinski definition) is 2. The molecule has 7 heteroatoms. The van der Waals surface area contributed by atoms with Crippen molar-refractivity contribution in [1.82, 2.24) is 15.5 Å². The minimum atomic E-state index is -0.245. The Labute approximate surface area is 161 Å². The van der Waals surface area contributed by atoms with E-state index in [1.807, 2.05) is 31.9 Å². The molecule has 0 saturated carbocycles. The maximum absolute atomic E-state index is 13.3. The van der Waals surface area contributed by atoms with Gasteiger partial charge >= 0.3 is 0 Å². The van der Waals surface area contributed by atoms with Gasteiger partial charge in [0.2, 0.25) is 5.91 Å². The van der Waals surface area contributed by atoms with E-state index in [1.165, 1.54) is 12.1 Å². The molecule has 1 aromatic carbocycles. The minimum Gasteiger partial charge on any atom is -0.357 e. The van der Waals surface area contributed by atoms with Crippen molar-refractivity contribution >= 4 is 35.8 Å². The molecular weight excluding hydrogens is 422 g/mol. The average Bonchev–Trinajstić information content (AvgIpc) is 2.52. The van der Waals surface area contributed by atoms with Crippen LogP contribution in [0.3, 0.4) is 0 Å². The lowest BCUT2D eigenvalue weighted by Crippen LogP contribution is -2.38. The van der Waals surface area contributed by atoms with Gasteiger partial charge in [-0.15, -0.1) is 24.0 Å². The SMILES string of the molecule is CCCNC(=O)CCN=C(NCC)N(C)Cc1cccc(F)c1.I. The number of carbonyl (C=O) groups excluding carboxylic acids is 1. The van der Waals surface area contributed by atoms with Gasteiger partial charge < -0.3 is 15.5 Å². The Bertz CT molecular complexity index is 525. The normalized spacial score (nSPS) is 10.8. The van der Waals surface area contributed by atoms with Crippen LogP contribution in [-0.2, 0) is 11.3 Å². The molecule has 1 amide bonds. The molecule has 0 unspecified atom stereocenters. The summed E-state index contributed by atoms with van der Waals surface area (Å²) in [6.07, 6.45) is 1.29. The maximum Gasteiger partial charge on any atom is 0.221 e. The summed E-state index contributed by atoms with van der Waals surface area (Å²) in [5, 5.41) is 6.01. The Balaban J connectivity index is 0.00000529. The summed E-state index contributed by atoms with van der Waals surface area (Å²) < 4.78 is 13.3. The standard InChI is InChI=1S/C17H27FN4O.HI/c1-4-10-20-16(23)9-11-21-17(19-5-2)22(3)13-14-7-6-8-15(18)12-14;/h6-8,12H,4-5,9-11,13H2,1-3H3,(H,19,21)(H,20,23);1H. The third-order valence-electron chi connectivity index (χ3n) is 3.18. The van der Waals surface area contributed by atoms with Gasteiger partial charge in [0.15, 0.2) is 5.96 Å². The molecule has 0 aromatic heterocycles. The van der Waals surface area contributed by atoms with Crippen molar-refractivity contribution in [2.75, 3.05) is 26.7 Å². The van der Waals surface area contributed by atoms with Gasteiger partial charge in [0, 0.05) is 33.1 Å². The predicted molar refractivity (Wildman–Crippen MR) is 107 cm³/mol. The van der Waals surface area contributed by atoms with Gasteiger partial charge in [0.25, 0.3) is 0 Å². The molecule has 0 radical (unpaired) electrons. The molecular formula is C17H28FIN4O. The largest absolute Gasteiger partial charge is 0.357 e. The number of nitrogens with zero attached hydrogens (tertiary/aromatic N) is 2. The van der Waals surface area contributed by atoms with Crippen LogP contribution in [0.5, 0.6) is 0 Å². The molecule has 0 aliphatic carbocycles. The van der Waals surface area contributed by atoms with E-state index in [2.05, 4.69) is 15.6 Å². The summed E-state index contributed by atoms with van der Waals surface area (Å²) in [5.74, 6) is 0.477. The molecule has 0 spiro atoms. The number of amides is 1. The Morgan fingerprint density at radius 3 is 2.67 bits per heavy atom. The van der Waals surface area contributed by atoms with E-state index >= 15 is 0 Å². The molecule has 5 nitrogen and oxygen atoms in total. The van der Waals surface area contributed by atoms with Crippen LogP contribution in [0, 0.1) is 5.82 Å². The highest BCUT2D eigenvalue weighted by molar-refractivity contribution is 14.0. The molecule has 0 aliphatic rings. The van der Waals surface area contributed by atoms with Crippen LogP contribution < -0.4 is 10.6 Å². The van der Waals surface area contributed by atoms with E-state index in [0.29, 0.717) is 32.0 Å². The predicted octanol–water partition coefficient (Wildman–Crippen LogP) is 2.76. The first kappa shape index (κ1) is 22.6. The first-order chi connectivity index (χ1) is 11.1. The second-order valence-corrected chi connectivity index (χ2v) is 5.32. The first-order valence-electron chi connectivity index (χ1n) is 8.07. The highest BCUT2D eigenvalue weighted by Crippen LogP contribution is 2.06. The molecule has 1 rings (SSSR count). The summed E-state index contributed by atoms with van der Waals surface area (Å²) in [4.78, 5) is 18.0. The van der Waals surface area contributed by atoms with Gasteiger partial charge in [-0.05, 0) is 31.0 Å². The van der Waals surface area contributed by atoms with Crippen LogP contribution in [0.4, 0.5) is 4.39 Å². The van der Waals surface area contributed by atoms with Crippen LogP contribution in [0.25, 0.3) is 0 Å². The molecule has 1 aromatic rings. The summed E-state index contributed by atoms with van der Waals surface area (Å²) in [6.45, 7) is 6.40. The number of aliphatic imine (C=N–C) groups is 1. The number of carbonyl (C=O) groups is 1. The summed E-state index contributed by atoms with van der Waals surface area (Å²) in [7, 11) is 1.89. The van der Waals surface area contributed by atoms with E-state index in [4.69, 9.17) is 0 Å². The zero-order valence-corrected chi connectivity index (χ0v) is 17.0. The molecule has 24 heavy (non-hydrogen) atoms. The van der Waals surface area contributed by atoms with Crippen molar-refractivity contribution in [2.24, 2.45) is 4.99 Å². The second-order valence-electron chi connectivity index (χ2n) is 5.32. The monoisotopic (exact) mass is 450 g/mol. The number of halogens is 2. The highest BCUT2D eigenvalue weighted by atomic mass is 127. The van der Waals surface area contributed by atoms with E-state index in [1.54, 1.807) is 6.07 Å². The fourth-order valence-electron chi connectivity index (χ4n) is 2.07. The van der Waals surface area contributed by atoms with Crippen molar-refractivity contribution in [2.45, 2.75) is 33.2 Å². The number of benzene rings is 1. The molecule has 0 saturated heterocycles. The molecule has 2 N–H and O–H groups in total. The zero-order chi connectivity index (χ0) is 17.1. The fraction of sp³-hybridized carbons (Fsp3) is 0.529. The van der Waals surface area contributed by atoms with Gasteiger partial charge in [-0.1, -0.05) is 19.1 Å². The van der Waals surface area contributed by atoms with Gasteiger partial charge in [-0.2, -0.15) is 0 Å².